The third-order valence-electron chi connectivity index (χ3n) is 16.3. The third-order valence-corrected chi connectivity index (χ3v) is 18.2. The van der Waals surface area contributed by atoms with Gasteiger partial charge >= 0.3 is 39.5 Å². The zero-order chi connectivity index (χ0) is 66.8. The SMILES string of the molecule is CC(C)CCCCCCCCCCCCCCCCCC(=O)OC[C@H](COP(=O)(O)OCC(O)COP(=O)(O)OC[C@@H](COC(=O)CCCCCCCCCC(C)C)OC(=O)CCCCCCCCCCC(C)C)OC(=O)CCCCCCCCCCC(C)C. The van der Waals surface area contributed by atoms with Crippen LogP contribution in [-0.2, 0) is 65.4 Å². The fourth-order valence-corrected chi connectivity index (χ4v) is 12.2. The van der Waals surface area contributed by atoms with E-state index in [-0.39, 0.29) is 25.7 Å². The van der Waals surface area contributed by atoms with Crippen LogP contribution in [0.4, 0.5) is 0 Å². The Morgan fingerprint density at radius 3 is 0.689 bits per heavy atom. The van der Waals surface area contributed by atoms with E-state index in [1.165, 1.54) is 148 Å². The number of carbonyl (C=O) groups excluding carboxylic acids is 4. The topological polar surface area (TPSA) is 237 Å². The number of phosphoric acid groups is 2. The highest BCUT2D eigenvalue weighted by atomic mass is 31.2. The molecule has 0 heterocycles. The summed E-state index contributed by atoms with van der Waals surface area (Å²) in [6.07, 6.45) is 43.3. The zero-order valence-corrected chi connectivity index (χ0v) is 60.6. The van der Waals surface area contributed by atoms with Crippen molar-refractivity contribution in [3.05, 3.63) is 0 Å². The van der Waals surface area contributed by atoms with E-state index in [1.807, 2.05) is 0 Å². The lowest BCUT2D eigenvalue weighted by Crippen LogP contribution is -2.30. The first-order valence-corrected chi connectivity index (χ1v) is 39.7. The molecule has 0 aromatic rings. The number of hydrogen-bond donors (Lipinski definition) is 3. The Morgan fingerprint density at radius 1 is 0.278 bits per heavy atom. The average Bonchev–Trinajstić information content (AvgIpc) is 3.61. The van der Waals surface area contributed by atoms with Crippen molar-refractivity contribution < 1.29 is 80.2 Å². The van der Waals surface area contributed by atoms with Gasteiger partial charge in [-0.05, 0) is 49.4 Å². The molecule has 90 heavy (non-hydrogen) atoms. The molecule has 0 aliphatic heterocycles. The van der Waals surface area contributed by atoms with Crippen LogP contribution in [0.15, 0.2) is 0 Å². The molecule has 0 saturated carbocycles. The van der Waals surface area contributed by atoms with Crippen LogP contribution in [0.1, 0.15) is 351 Å². The number of esters is 4. The van der Waals surface area contributed by atoms with Crippen molar-refractivity contribution in [2.24, 2.45) is 23.7 Å². The lowest BCUT2D eigenvalue weighted by atomic mass is 10.0. The van der Waals surface area contributed by atoms with Gasteiger partial charge in [-0.25, -0.2) is 9.13 Å². The molecule has 5 atom stereocenters. The summed E-state index contributed by atoms with van der Waals surface area (Å²) in [5, 5.41) is 10.6. The molecule has 0 aromatic heterocycles. The van der Waals surface area contributed by atoms with E-state index in [2.05, 4.69) is 55.4 Å². The molecular formula is C71H138O17P2. The summed E-state index contributed by atoms with van der Waals surface area (Å²) >= 11 is 0. The first-order chi connectivity index (χ1) is 43.1. The second-order valence-corrected chi connectivity index (χ2v) is 30.4. The van der Waals surface area contributed by atoms with Crippen molar-refractivity contribution >= 4 is 39.5 Å². The van der Waals surface area contributed by atoms with Gasteiger partial charge in [-0.2, -0.15) is 0 Å². The van der Waals surface area contributed by atoms with E-state index in [9.17, 15) is 43.2 Å². The van der Waals surface area contributed by atoms with Gasteiger partial charge in [-0.3, -0.25) is 37.3 Å². The van der Waals surface area contributed by atoms with Crippen LogP contribution in [-0.4, -0.2) is 96.7 Å². The molecule has 0 rings (SSSR count). The molecule has 17 nitrogen and oxygen atoms in total. The lowest BCUT2D eigenvalue weighted by Gasteiger charge is -2.21. The summed E-state index contributed by atoms with van der Waals surface area (Å²) in [7, 11) is -9.90. The Balaban J connectivity index is 5.20. The molecule has 0 saturated heterocycles. The number of phosphoric ester groups is 2. The van der Waals surface area contributed by atoms with Gasteiger partial charge in [-0.1, -0.05) is 299 Å². The predicted molar refractivity (Wildman–Crippen MR) is 363 cm³/mol. The van der Waals surface area contributed by atoms with Gasteiger partial charge in [0.15, 0.2) is 12.2 Å². The molecule has 3 N–H and O–H groups in total. The van der Waals surface area contributed by atoms with E-state index in [1.54, 1.807) is 0 Å². The minimum Gasteiger partial charge on any atom is -0.462 e. The second kappa shape index (κ2) is 60.7. The van der Waals surface area contributed by atoms with Crippen LogP contribution in [0.25, 0.3) is 0 Å². The predicted octanol–water partition coefficient (Wildman–Crippen LogP) is 20.1. The van der Waals surface area contributed by atoms with E-state index in [4.69, 9.17) is 37.0 Å². The largest absolute Gasteiger partial charge is 0.472 e. The molecule has 3 unspecified atom stereocenters. The van der Waals surface area contributed by atoms with Gasteiger partial charge in [0.2, 0.25) is 0 Å². The molecule has 0 bridgehead atoms. The van der Waals surface area contributed by atoms with Crippen LogP contribution >= 0.6 is 15.6 Å². The summed E-state index contributed by atoms with van der Waals surface area (Å²) in [5.74, 6) is 0.816. The van der Waals surface area contributed by atoms with Crippen LogP contribution in [0.5, 0.6) is 0 Å². The Hall–Kier alpha value is -1.94. The average molecular weight is 1330 g/mol. The molecule has 0 radical (unpaired) electrons. The number of hydrogen-bond acceptors (Lipinski definition) is 15. The molecule has 0 amide bonds. The number of rotatable bonds is 68. The number of aliphatic hydroxyl groups excluding tert-OH is 1. The van der Waals surface area contributed by atoms with Crippen molar-refractivity contribution in [1.82, 2.24) is 0 Å². The Morgan fingerprint density at radius 2 is 0.467 bits per heavy atom. The highest BCUT2D eigenvalue weighted by molar-refractivity contribution is 7.47. The quantitative estimate of drug-likeness (QED) is 0.0222. The smallest absolute Gasteiger partial charge is 0.462 e. The van der Waals surface area contributed by atoms with Gasteiger partial charge in [-0.15, -0.1) is 0 Å². The normalized spacial score (nSPS) is 14.3. The first kappa shape index (κ1) is 88.1. The molecule has 534 valence electrons. The molecule has 0 fully saturated rings. The van der Waals surface area contributed by atoms with Crippen LogP contribution in [0.2, 0.25) is 0 Å². The van der Waals surface area contributed by atoms with Gasteiger partial charge in [0.25, 0.3) is 0 Å². The van der Waals surface area contributed by atoms with Gasteiger partial charge < -0.3 is 33.8 Å². The van der Waals surface area contributed by atoms with E-state index in [0.717, 1.165) is 114 Å². The maximum atomic E-state index is 13.0. The third kappa shape index (κ3) is 64.8. The maximum absolute atomic E-state index is 13.0. The summed E-state index contributed by atoms with van der Waals surface area (Å²) in [5.41, 5.74) is 0. The Labute approximate surface area is 549 Å². The summed E-state index contributed by atoms with van der Waals surface area (Å²) in [6.45, 7) is 14.0. The highest BCUT2D eigenvalue weighted by Crippen LogP contribution is 2.45. The van der Waals surface area contributed by atoms with E-state index in [0.29, 0.717) is 31.6 Å². The second-order valence-electron chi connectivity index (χ2n) is 27.5. The molecular weight excluding hydrogens is 1190 g/mol. The van der Waals surface area contributed by atoms with Crippen LogP contribution in [0.3, 0.4) is 0 Å². The summed E-state index contributed by atoms with van der Waals surface area (Å²) in [4.78, 5) is 72.5. The highest BCUT2D eigenvalue weighted by Gasteiger charge is 2.30. The number of unbranched alkanes of at least 4 members (excludes halogenated alkanes) is 34. The lowest BCUT2D eigenvalue weighted by molar-refractivity contribution is -0.161. The minimum atomic E-state index is -4.95. The standard InChI is InChI=1S/C71H138O17P2/c1-61(2)47-39-31-23-16-14-12-10-9-11-13-15-17-27-35-43-51-68(73)81-57-66(87-70(75)53-45-37-28-20-18-24-32-40-48-62(3)4)59-85-89(77,78)83-55-65(72)56-84-90(79,80)86-60-67(58-82-69(74)52-44-36-30-22-26-34-42-50-64(7)8)88-71(76)54-46-38-29-21-19-25-33-41-49-63(5)6/h61-67,72H,9-60H2,1-8H3,(H,77,78)(H,79,80)/t65?,66-,67-/m1/s1. The van der Waals surface area contributed by atoms with Gasteiger partial charge in [0.05, 0.1) is 26.4 Å². The molecule has 0 aliphatic carbocycles. The van der Waals surface area contributed by atoms with E-state index >= 15 is 0 Å². The molecule has 0 aromatic carbocycles. The van der Waals surface area contributed by atoms with Crippen molar-refractivity contribution in [3.8, 4) is 0 Å². The number of carbonyl (C=O) groups is 4. The maximum Gasteiger partial charge on any atom is 0.472 e. The van der Waals surface area contributed by atoms with Crippen molar-refractivity contribution in [3.63, 3.8) is 0 Å². The van der Waals surface area contributed by atoms with Crippen molar-refractivity contribution in [2.45, 2.75) is 369 Å². The van der Waals surface area contributed by atoms with Crippen molar-refractivity contribution in [2.75, 3.05) is 39.6 Å². The molecule has 0 aliphatic rings. The monoisotopic (exact) mass is 1320 g/mol. The van der Waals surface area contributed by atoms with Gasteiger partial charge in [0, 0.05) is 25.7 Å². The zero-order valence-electron chi connectivity index (χ0n) is 58.8. The molecule has 0 spiro atoms. The van der Waals surface area contributed by atoms with Crippen molar-refractivity contribution in [1.29, 1.82) is 0 Å². The van der Waals surface area contributed by atoms with Crippen LogP contribution < -0.4 is 0 Å². The fourth-order valence-electron chi connectivity index (χ4n) is 10.7. The fraction of sp³-hybridized carbons (Fsp3) is 0.944. The van der Waals surface area contributed by atoms with E-state index < -0.39 is 97.5 Å². The summed E-state index contributed by atoms with van der Waals surface area (Å²) < 4.78 is 68.3. The Kier molecular flexibility index (Phi) is 59.4. The number of aliphatic hydroxyl groups is 1. The Bertz CT molecular complexity index is 1780. The first-order valence-electron chi connectivity index (χ1n) is 36.7. The molecule has 19 heteroatoms. The van der Waals surface area contributed by atoms with Crippen LogP contribution in [0, 0.1) is 23.7 Å². The van der Waals surface area contributed by atoms with Gasteiger partial charge in [0.1, 0.15) is 19.3 Å². The minimum absolute atomic E-state index is 0.103. The summed E-state index contributed by atoms with van der Waals surface area (Å²) in [6, 6.07) is 0. The number of ether oxygens (including phenoxy) is 4.